The molecule has 1 aromatic carbocycles. The van der Waals surface area contributed by atoms with Gasteiger partial charge in [0.1, 0.15) is 0 Å². The first-order valence-corrected chi connectivity index (χ1v) is 6.77. The number of esters is 1. The molecule has 0 amide bonds. The molecule has 1 aromatic rings. The van der Waals surface area contributed by atoms with Crippen molar-refractivity contribution in [3.63, 3.8) is 0 Å². The number of hydrogen-bond donors (Lipinski definition) is 1. The maximum atomic E-state index is 13.8. The highest BCUT2D eigenvalue weighted by Gasteiger charge is 2.18. The molecule has 0 atom stereocenters. The summed E-state index contributed by atoms with van der Waals surface area (Å²) in [5, 5.41) is 2.84. The minimum Gasteiger partial charge on any atom is -0.465 e. The molecular weight excluding hydrogens is 264 g/mol. The van der Waals surface area contributed by atoms with Crippen LogP contribution in [0.25, 0.3) is 0 Å². The summed E-state index contributed by atoms with van der Waals surface area (Å²) >= 11 is 0. The first-order valence-electron chi connectivity index (χ1n) is 6.77. The van der Waals surface area contributed by atoms with Crippen molar-refractivity contribution < 1.29 is 18.3 Å². The van der Waals surface area contributed by atoms with Crippen LogP contribution in [0.15, 0.2) is 12.1 Å². The quantitative estimate of drug-likeness (QED) is 0.608. The lowest BCUT2D eigenvalue weighted by molar-refractivity contribution is 0.0594. The van der Waals surface area contributed by atoms with E-state index in [0.717, 1.165) is 26.4 Å². The number of nitrogens with one attached hydrogen (secondary N) is 1. The van der Waals surface area contributed by atoms with Gasteiger partial charge in [0.05, 0.1) is 18.4 Å². The van der Waals surface area contributed by atoms with Gasteiger partial charge in [-0.25, -0.2) is 13.6 Å². The van der Waals surface area contributed by atoms with Crippen LogP contribution in [-0.4, -0.2) is 19.6 Å². The van der Waals surface area contributed by atoms with E-state index in [1.807, 2.05) is 0 Å². The second-order valence-corrected chi connectivity index (χ2v) is 5.10. The van der Waals surface area contributed by atoms with Crippen LogP contribution in [0.4, 0.5) is 14.5 Å². The van der Waals surface area contributed by atoms with E-state index in [1.165, 1.54) is 12.1 Å². The van der Waals surface area contributed by atoms with Crippen LogP contribution in [0.2, 0.25) is 0 Å². The van der Waals surface area contributed by atoms with Gasteiger partial charge in [-0.1, -0.05) is 26.7 Å². The fourth-order valence-corrected chi connectivity index (χ4v) is 1.85. The highest BCUT2D eigenvalue weighted by Crippen LogP contribution is 2.21. The number of halogens is 2. The summed E-state index contributed by atoms with van der Waals surface area (Å²) in [6.45, 7) is 4.86. The molecule has 3 nitrogen and oxygen atoms in total. The van der Waals surface area contributed by atoms with Crippen LogP contribution in [0, 0.1) is 17.6 Å². The summed E-state index contributed by atoms with van der Waals surface area (Å²) in [7, 11) is 1.13. The van der Waals surface area contributed by atoms with Gasteiger partial charge in [0.2, 0.25) is 0 Å². The summed E-state index contributed by atoms with van der Waals surface area (Å²) < 4.78 is 31.8. The first-order chi connectivity index (χ1) is 9.47. The summed E-state index contributed by atoms with van der Waals surface area (Å²) in [5.41, 5.74) is -0.324. The van der Waals surface area contributed by atoms with Crippen molar-refractivity contribution in [3.05, 3.63) is 29.3 Å². The van der Waals surface area contributed by atoms with Gasteiger partial charge >= 0.3 is 5.97 Å². The molecule has 0 aliphatic carbocycles. The Morgan fingerprint density at radius 3 is 2.55 bits per heavy atom. The van der Waals surface area contributed by atoms with E-state index in [4.69, 9.17) is 0 Å². The Kier molecular flexibility index (Phi) is 6.42. The second kappa shape index (κ2) is 7.82. The van der Waals surface area contributed by atoms with Gasteiger partial charge in [0, 0.05) is 6.54 Å². The Hall–Kier alpha value is -1.65. The number of unbranched alkanes of at least 4 members (excludes halogenated alkanes) is 1. The first kappa shape index (κ1) is 16.4. The van der Waals surface area contributed by atoms with E-state index < -0.39 is 23.2 Å². The lowest BCUT2D eigenvalue weighted by Gasteiger charge is -2.10. The lowest BCUT2D eigenvalue weighted by Crippen LogP contribution is -2.10. The highest BCUT2D eigenvalue weighted by molar-refractivity contribution is 5.90. The second-order valence-electron chi connectivity index (χ2n) is 5.10. The van der Waals surface area contributed by atoms with Crippen LogP contribution in [-0.2, 0) is 4.74 Å². The van der Waals surface area contributed by atoms with Crippen molar-refractivity contribution in [3.8, 4) is 0 Å². The Morgan fingerprint density at radius 1 is 1.25 bits per heavy atom. The average molecular weight is 285 g/mol. The number of hydrogen-bond acceptors (Lipinski definition) is 3. The molecule has 1 N–H and O–H groups in total. The number of methoxy groups -OCH3 is 1. The monoisotopic (exact) mass is 285 g/mol. The van der Waals surface area contributed by atoms with E-state index >= 15 is 0 Å². The summed E-state index contributed by atoms with van der Waals surface area (Å²) in [6, 6.07) is 2.58. The Bertz CT molecular complexity index is 461. The van der Waals surface area contributed by atoms with Crippen molar-refractivity contribution in [2.24, 2.45) is 5.92 Å². The number of benzene rings is 1. The molecule has 1 rings (SSSR count). The third-order valence-corrected chi connectivity index (χ3v) is 3.01. The van der Waals surface area contributed by atoms with Crippen molar-refractivity contribution in [1.29, 1.82) is 0 Å². The summed E-state index contributed by atoms with van der Waals surface area (Å²) in [5.74, 6) is -2.46. The van der Waals surface area contributed by atoms with Crippen LogP contribution >= 0.6 is 0 Å². The molecule has 0 aliphatic rings. The number of rotatable bonds is 7. The third-order valence-electron chi connectivity index (χ3n) is 3.01. The van der Waals surface area contributed by atoms with Gasteiger partial charge in [-0.2, -0.15) is 0 Å². The van der Waals surface area contributed by atoms with Crippen LogP contribution < -0.4 is 5.32 Å². The Balaban J connectivity index is 2.60. The normalized spacial score (nSPS) is 10.7. The summed E-state index contributed by atoms with van der Waals surface area (Å²) in [4.78, 5) is 11.2. The maximum Gasteiger partial charge on any atom is 0.340 e. The van der Waals surface area contributed by atoms with Gasteiger partial charge in [0.25, 0.3) is 0 Å². The molecule has 5 heteroatoms. The predicted octanol–water partition coefficient (Wildman–Crippen LogP) is 3.99. The molecule has 0 heterocycles. The zero-order valence-electron chi connectivity index (χ0n) is 12.1. The lowest BCUT2D eigenvalue weighted by atomic mass is 10.1. The molecule has 112 valence electrons. The fraction of sp³-hybridized carbons (Fsp3) is 0.533. The van der Waals surface area contributed by atoms with Gasteiger partial charge in [-0.3, -0.25) is 0 Å². The smallest absolute Gasteiger partial charge is 0.340 e. The average Bonchev–Trinajstić information content (AvgIpc) is 2.42. The molecule has 0 aromatic heterocycles. The number of carbonyl (C=O) groups excluding carboxylic acids is 1. The number of carbonyl (C=O) groups is 1. The van der Waals surface area contributed by atoms with Crippen LogP contribution in [0.3, 0.4) is 0 Å². The number of ether oxygens (including phenoxy) is 1. The van der Waals surface area contributed by atoms with E-state index in [0.29, 0.717) is 12.5 Å². The minimum absolute atomic E-state index is 0.0692. The Labute approximate surface area is 118 Å². The topological polar surface area (TPSA) is 38.3 Å². The molecule has 0 bridgehead atoms. The van der Waals surface area contributed by atoms with E-state index in [2.05, 4.69) is 23.9 Å². The predicted molar refractivity (Wildman–Crippen MR) is 74.9 cm³/mol. The molecule has 0 unspecified atom stereocenters. The van der Waals surface area contributed by atoms with Gasteiger partial charge in [-0.05, 0) is 24.5 Å². The van der Waals surface area contributed by atoms with Crippen molar-refractivity contribution in [2.45, 2.75) is 33.1 Å². The van der Waals surface area contributed by atoms with E-state index in [9.17, 15) is 13.6 Å². The van der Waals surface area contributed by atoms with Gasteiger partial charge in [0.15, 0.2) is 11.6 Å². The van der Waals surface area contributed by atoms with Crippen molar-refractivity contribution in [1.82, 2.24) is 0 Å². The molecular formula is C15H21F2NO2. The van der Waals surface area contributed by atoms with Crippen molar-refractivity contribution in [2.75, 3.05) is 19.0 Å². The fourth-order valence-electron chi connectivity index (χ4n) is 1.85. The Morgan fingerprint density at radius 2 is 1.95 bits per heavy atom. The molecule has 20 heavy (non-hydrogen) atoms. The highest BCUT2D eigenvalue weighted by atomic mass is 19.2. The van der Waals surface area contributed by atoms with Gasteiger partial charge < -0.3 is 10.1 Å². The minimum atomic E-state index is -1.18. The zero-order valence-corrected chi connectivity index (χ0v) is 12.1. The van der Waals surface area contributed by atoms with E-state index in [1.54, 1.807) is 0 Å². The van der Waals surface area contributed by atoms with Gasteiger partial charge in [-0.15, -0.1) is 0 Å². The SMILES string of the molecule is COC(=O)c1ccc(NCCCCC(C)C)c(F)c1F. The largest absolute Gasteiger partial charge is 0.465 e. The molecule has 0 spiro atoms. The standard InChI is InChI=1S/C15H21F2NO2/c1-10(2)6-4-5-9-18-12-8-7-11(15(19)20-3)13(16)14(12)17/h7-8,10,18H,4-6,9H2,1-3H3. The molecule has 0 saturated carbocycles. The molecule has 0 fully saturated rings. The zero-order chi connectivity index (χ0) is 15.1. The molecule has 0 radical (unpaired) electrons. The molecule has 0 saturated heterocycles. The van der Waals surface area contributed by atoms with E-state index in [-0.39, 0.29) is 5.69 Å². The van der Waals surface area contributed by atoms with Crippen LogP contribution in [0.5, 0.6) is 0 Å². The van der Waals surface area contributed by atoms with Crippen molar-refractivity contribution >= 4 is 11.7 Å². The van der Waals surface area contributed by atoms with Crippen LogP contribution in [0.1, 0.15) is 43.5 Å². The third kappa shape index (κ3) is 4.47. The summed E-state index contributed by atoms with van der Waals surface area (Å²) in [6.07, 6.45) is 3.03. The molecule has 0 aliphatic heterocycles. The number of anilines is 1. The maximum absolute atomic E-state index is 13.8.